The largest absolute Gasteiger partial charge is 0.350 e. The van der Waals surface area contributed by atoms with E-state index in [2.05, 4.69) is 41.8 Å². The van der Waals surface area contributed by atoms with E-state index in [0.29, 0.717) is 13.0 Å². The van der Waals surface area contributed by atoms with Gasteiger partial charge in [-0.25, -0.2) is 0 Å². The van der Waals surface area contributed by atoms with Crippen molar-refractivity contribution in [2.24, 2.45) is 0 Å². The normalized spacial score (nSPS) is 11.9. The van der Waals surface area contributed by atoms with Crippen LogP contribution in [0, 0.1) is 6.92 Å². The quantitative estimate of drug-likeness (QED) is 0.769. The summed E-state index contributed by atoms with van der Waals surface area (Å²) in [7, 11) is 0. The van der Waals surface area contributed by atoms with Crippen molar-refractivity contribution in [2.45, 2.75) is 32.9 Å². The minimum absolute atomic E-state index is 0.0470. The molecule has 116 valence electrons. The third-order valence-electron chi connectivity index (χ3n) is 3.66. The molecule has 2 aromatic rings. The van der Waals surface area contributed by atoms with Crippen LogP contribution in [0.15, 0.2) is 54.6 Å². The Hall–Kier alpha value is -2.13. The highest BCUT2D eigenvalue weighted by molar-refractivity contribution is 5.76. The Kier molecular flexibility index (Phi) is 6.16. The van der Waals surface area contributed by atoms with Gasteiger partial charge in [-0.1, -0.05) is 60.2 Å². The highest BCUT2D eigenvalue weighted by Gasteiger charge is 2.08. The van der Waals surface area contributed by atoms with E-state index in [-0.39, 0.29) is 11.9 Å². The minimum Gasteiger partial charge on any atom is -0.350 e. The van der Waals surface area contributed by atoms with Crippen molar-refractivity contribution in [3.05, 3.63) is 71.3 Å². The summed E-state index contributed by atoms with van der Waals surface area (Å²) in [4.78, 5) is 11.9. The highest BCUT2D eigenvalue weighted by atomic mass is 16.1. The van der Waals surface area contributed by atoms with Crippen LogP contribution in [0.5, 0.6) is 0 Å². The van der Waals surface area contributed by atoms with E-state index in [1.807, 2.05) is 37.3 Å². The monoisotopic (exact) mass is 296 g/mol. The molecular weight excluding hydrogens is 272 g/mol. The van der Waals surface area contributed by atoms with Crippen molar-refractivity contribution in [2.75, 3.05) is 6.54 Å². The minimum atomic E-state index is 0.0470. The van der Waals surface area contributed by atoms with E-state index in [1.165, 1.54) is 11.1 Å². The predicted molar refractivity (Wildman–Crippen MR) is 90.5 cm³/mol. The lowest BCUT2D eigenvalue weighted by atomic mass is 10.1. The van der Waals surface area contributed by atoms with Gasteiger partial charge in [-0.2, -0.15) is 0 Å². The van der Waals surface area contributed by atoms with Crippen molar-refractivity contribution in [1.29, 1.82) is 0 Å². The standard InChI is InChI=1S/C19H24N2O/c1-15-8-10-17(11-9-15)14-20-13-12-19(22)21-16(2)18-6-4-3-5-7-18/h3-11,16,20H,12-14H2,1-2H3,(H,21,22). The van der Waals surface area contributed by atoms with Crippen LogP contribution in [0.2, 0.25) is 0 Å². The van der Waals surface area contributed by atoms with E-state index in [9.17, 15) is 4.79 Å². The first kappa shape index (κ1) is 16.2. The molecule has 0 spiro atoms. The molecule has 2 rings (SSSR count). The number of benzene rings is 2. The Morgan fingerprint density at radius 3 is 2.41 bits per heavy atom. The molecule has 2 N–H and O–H groups in total. The third kappa shape index (κ3) is 5.34. The van der Waals surface area contributed by atoms with E-state index in [4.69, 9.17) is 0 Å². The van der Waals surface area contributed by atoms with Crippen LogP contribution >= 0.6 is 0 Å². The molecule has 1 amide bonds. The summed E-state index contributed by atoms with van der Waals surface area (Å²) in [5.74, 6) is 0.0766. The number of aryl methyl sites for hydroxylation is 1. The Balaban J connectivity index is 1.66. The zero-order valence-corrected chi connectivity index (χ0v) is 13.3. The average Bonchev–Trinajstić information content (AvgIpc) is 2.54. The first-order valence-electron chi connectivity index (χ1n) is 7.76. The van der Waals surface area contributed by atoms with Crippen LogP contribution in [0.1, 0.15) is 36.1 Å². The second-order valence-electron chi connectivity index (χ2n) is 5.61. The van der Waals surface area contributed by atoms with Crippen LogP contribution in [0.4, 0.5) is 0 Å². The molecular formula is C19H24N2O. The van der Waals surface area contributed by atoms with Crippen molar-refractivity contribution in [3.8, 4) is 0 Å². The summed E-state index contributed by atoms with van der Waals surface area (Å²) in [6, 6.07) is 18.5. The molecule has 0 aliphatic carbocycles. The molecule has 0 bridgehead atoms. The molecule has 0 aliphatic heterocycles. The molecule has 0 aliphatic rings. The molecule has 3 heteroatoms. The van der Waals surface area contributed by atoms with Crippen LogP contribution in [-0.2, 0) is 11.3 Å². The first-order valence-corrected chi connectivity index (χ1v) is 7.76. The van der Waals surface area contributed by atoms with E-state index in [1.54, 1.807) is 0 Å². The number of nitrogens with one attached hydrogen (secondary N) is 2. The Morgan fingerprint density at radius 2 is 1.73 bits per heavy atom. The maximum atomic E-state index is 11.9. The van der Waals surface area contributed by atoms with Gasteiger partial charge >= 0.3 is 0 Å². The van der Waals surface area contributed by atoms with Crippen LogP contribution in [0.3, 0.4) is 0 Å². The van der Waals surface area contributed by atoms with Crippen molar-refractivity contribution >= 4 is 5.91 Å². The molecule has 0 fully saturated rings. The van der Waals surface area contributed by atoms with Gasteiger partial charge in [0.2, 0.25) is 5.91 Å². The highest BCUT2D eigenvalue weighted by Crippen LogP contribution is 2.10. The van der Waals surface area contributed by atoms with Crippen LogP contribution < -0.4 is 10.6 Å². The third-order valence-corrected chi connectivity index (χ3v) is 3.66. The molecule has 0 aromatic heterocycles. The zero-order chi connectivity index (χ0) is 15.8. The van der Waals surface area contributed by atoms with Crippen LogP contribution in [-0.4, -0.2) is 12.5 Å². The lowest BCUT2D eigenvalue weighted by Crippen LogP contribution is -2.29. The van der Waals surface area contributed by atoms with Gasteiger partial charge in [-0.3, -0.25) is 4.79 Å². The van der Waals surface area contributed by atoms with E-state index >= 15 is 0 Å². The summed E-state index contributed by atoms with van der Waals surface area (Å²) in [6.45, 7) is 5.56. The van der Waals surface area contributed by atoms with Gasteiger partial charge in [-0.15, -0.1) is 0 Å². The fourth-order valence-electron chi connectivity index (χ4n) is 2.28. The molecule has 1 unspecified atom stereocenters. The predicted octanol–water partition coefficient (Wildman–Crippen LogP) is 3.35. The molecule has 22 heavy (non-hydrogen) atoms. The lowest BCUT2D eigenvalue weighted by molar-refractivity contribution is -0.121. The Morgan fingerprint density at radius 1 is 1.05 bits per heavy atom. The molecule has 0 saturated heterocycles. The summed E-state index contributed by atoms with van der Waals surface area (Å²) in [6.07, 6.45) is 0.489. The van der Waals surface area contributed by atoms with E-state index < -0.39 is 0 Å². The molecule has 0 heterocycles. The van der Waals surface area contributed by atoms with Gasteiger partial charge in [0, 0.05) is 19.5 Å². The number of hydrogen-bond acceptors (Lipinski definition) is 2. The topological polar surface area (TPSA) is 41.1 Å². The Labute approximate surface area is 132 Å². The van der Waals surface area contributed by atoms with Gasteiger partial charge in [0.25, 0.3) is 0 Å². The first-order chi connectivity index (χ1) is 10.6. The second kappa shape index (κ2) is 8.35. The molecule has 0 saturated carbocycles. The maximum Gasteiger partial charge on any atom is 0.221 e. The van der Waals surface area contributed by atoms with Crippen molar-refractivity contribution in [1.82, 2.24) is 10.6 Å². The molecule has 3 nitrogen and oxygen atoms in total. The Bertz CT molecular complexity index is 578. The molecule has 2 aromatic carbocycles. The van der Waals surface area contributed by atoms with E-state index in [0.717, 1.165) is 12.1 Å². The number of amides is 1. The van der Waals surface area contributed by atoms with Crippen molar-refractivity contribution < 1.29 is 4.79 Å². The summed E-state index contributed by atoms with van der Waals surface area (Å²) < 4.78 is 0. The van der Waals surface area contributed by atoms with Gasteiger partial charge in [0.1, 0.15) is 0 Å². The number of rotatable bonds is 7. The SMILES string of the molecule is Cc1ccc(CNCCC(=O)NC(C)c2ccccc2)cc1. The average molecular weight is 296 g/mol. The summed E-state index contributed by atoms with van der Waals surface area (Å²) >= 11 is 0. The summed E-state index contributed by atoms with van der Waals surface area (Å²) in [5.41, 5.74) is 3.63. The lowest BCUT2D eigenvalue weighted by Gasteiger charge is -2.14. The zero-order valence-electron chi connectivity index (χ0n) is 13.3. The van der Waals surface area contributed by atoms with Gasteiger partial charge in [-0.05, 0) is 25.0 Å². The molecule has 1 atom stereocenters. The smallest absolute Gasteiger partial charge is 0.221 e. The number of hydrogen-bond donors (Lipinski definition) is 2. The number of carbonyl (C=O) groups excluding carboxylic acids is 1. The van der Waals surface area contributed by atoms with Crippen molar-refractivity contribution in [3.63, 3.8) is 0 Å². The maximum absolute atomic E-state index is 11.9. The second-order valence-corrected chi connectivity index (χ2v) is 5.61. The molecule has 0 radical (unpaired) electrons. The fourth-order valence-corrected chi connectivity index (χ4v) is 2.28. The number of carbonyl (C=O) groups is 1. The van der Waals surface area contributed by atoms with Gasteiger partial charge in [0.05, 0.1) is 6.04 Å². The van der Waals surface area contributed by atoms with Gasteiger partial charge < -0.3 is 10.6 Å². The summed E-state index contributed by atoms with van der Waals surface area (Å²) in [5, 5.41) is 6.33. The fraction of sp³-hybridized carbons (Fsp3) is 0.316. The van der Waals surface area contributed by atoms with Crippen LogP contribution in [0.25, 0.3) is 0 Å². The van der Waals surface area contributed by atoms with Gasteiger partial charge in [0.15, 0.2) is 0 Å².